The first-order chi connectivity index (χ1) is 13.9. The molecule has 0 saturated carbocycles. The lowest BCUT2D eigenvalue weighted by Crippen LogP contribution is -2.36. The summed E-state index contributed by atoms with van der Waals surface area (Å²) in [6, 6.07) is 0. The van der Waals surface area contributed by atoms with Crippen LogP contribution in [0.4, 0.5) is 0 Å². The molecule has 1 N–H and O–H groups in total. The summed E-state index contributed by atoms with van der Waals surface area (Å²) in [5, 5.41) is 11.0. The van der Waals surface area contributed by atoms with Crippen molar-refractivity contribution in [2.24, 2.45) is 0 Å². The monoisotopic (exact) mass is 412 g/mol. The van der Waals surface area contributed by atoms with Gasteiger partial charge >= 0.3 is 0 Å². The van der Waals surface area contributed by atoms with Crippen molar-refractivity contribution in [1.29, 1.82) is 0 Å². The van der Waals surface area contributed by atoms with E-state index in [-0.39, 0.29) is 17.1 Å². The average Bonchev–Trinajstić information content (AvgIpc) is 2.64. The molecule has 0 fully saturated rings. The zero-order valence-corrected chi connectivity index (χ0v) is 20.2. The van der Waals surface area contributed by atoms with E-state index in [4.69, 9.17) is 0 Å². The van der Waals surface area contributed by atoms with E-state index >= 15 is 0 Å². The van der Waals surface area contributed by atoms with Crippen LogP contribution < -0.4 is 0 Å². The van der Waals surface area contributed by atoms with Crippen LogP contribution in [0, 0.1) is 0 Å². The molecular formula is C27H40O3. The third kappa shape index (κ3) is 7.36. The highest BCUT2D eigenvalue weighted by atomic mass is 16.3. The predicted octanol–water partition coefficient (Wildman–Crippen LogP) is 6.74. The number of aliphatic hydroxyl groups is 1. The van der Waals surface area contributed by atoms with Crippen molar-refractivity contribution in [3.63, 3.8) is 0 Å². The Bertz CT molecular complexity index is 822. The third-order valence-corrected chi connectivity index (χ3v) is 5.97. The van der Waals surface area contributed by atoms with Gasteiger partial charge < -0.3 is 5.11 Å². The van der Waals surface area contributed by atoms with Crippen LogP contribution in [0.25, 0.3) is 0 Å². The molecule has 30 heavy (non-hydrogen) atoms. The fourth-order valence-corrected chi connectivity index (χ4v) is 3.81. The molecule has 1 rings (SSSR count). The van der Waals surface area contributed by atoms with Crippen molar-refractivity contribution in [3.8, 4) is 0 Å². The van der Waals surface area contributed by atoms with E-state index in [1.54, 1.807) is 27.7 Å². The maximum absolute atomic E-state index is 12.7. The van der Waals surface area contributed by atoms with Gasteiger partial charge in [-0.25, -0.2) is 0 Å². The van der Waals surface area contributed by atoms with Gasteiger partial charge in [-0.15, -0.1) is 0 Å². The van der Waals surface area contributed by atoms with E-state index in [9.17, 15) is 14.7 Å². The van der Waals surface area contributed by atoms with Gasteiger partial charge in [0.25, 0.3) is 0 Å². The summed E-state index contributed by atoms with van der Waals surface area (Å²) in [4.78, 5) is 25.1. The maximum Gasteiger partial charge on any atom is 0.188 e. The normalized spacial score (nSPS) is 18.2. The first-order valence-electron chi connectivity index (χ1n) is 11.0. The lowest BCUT2D eigenvalue weighted by Gasteiger charge is -2.30. The first kappa shape index (κ1) is 26.0. The first-order valence-corrected chi connectivity index (χ1v) is 11.0. The Hall–Kier alpha value is -2.00. The summed E-state index contributed by atoms with van der Waals surface area (Å²) in [6.07, 6.45) is 12.0. The van der Waals surface area contributed by atoms with E-state index in [1.807, 2.05) is 0 Å². The zero-order chi connectivity index (χ0) is 23.1. The van der Waals surface area contributed by atoms with Crippen LogP contribution in [0.2, 0.25) is 0 Å². The molecule has 0 spiro atoms. The second-order valence-electron chi connectivity index (χ2n) is 9.18. The van der Waals surface area contributed by atoms with Gasteiger partial charge in [0.15, 0.2) is 11.6 Å². The SMILES string of the molecule is CC(C)=CCC/C(C)=C/CC/C(C)=C/CC[C@](C)(O)C1=C(C)C(=O)C(C)=C(C)C1=O. The topological polar surface area (TPSA) is 54.4 Å². The summed E-state index contributed by atoms with van der Waals surface area (Å²) in [6.45, 7) is 15.2. The zero-order valence-electron chi connectivity index (χ0n) is 20.2. The molecule has 0 saturated heterocycles. The van der Waals surface area contributed by atoms with Crippen molar-refractivity contribution >= 4 is 11.6 Å². The number of carbonyl (C=O) groups is 2. The number of Topliss-reactive ketones (excluding diaryl/α,β-unsaturated/α-hetero) is 2. The molecule has 0 bridgehead atoms. The largest absolute Gasteiger partial charge is 0.385 e. The smallest absolute Gasteiger partial charge is 0.188 e. The summed E-state index contributed by atoms with van der Waals surface area (Å²) >= 11 is 0. The summed E-state index contributed by atoms with van der Waals surface area (Å²) in [7, 11) is 0. The minimum atomic E-state index is -1.31. The van der Waals surface area contributed by atoms with E-state index < -0.39 is 5.60 Å². The second-order valence-corrected chi connectivity index (χ2v) is 9.18. The van der Waals surface area contributed by atoms with Crippen LogP contribution in [0.5, 0.6) is 0 Å². The van der Waals surface area contributed by atoms with Gasteiger partial charge in [0, 0.05) is 22.3 Å². The molecule has 0 aromatic carbocycles. The lowest BCUT2D eigenvalue weighted by molar-refractivity contribution is -0.118. The van der Waals surface area contributed by atoms with Gasteiger partial charge in [-0.2, -0.15) is 0 Å². The number of hydrogen-bond acceptors (Lipinski definition) is 3. The van der Waals surface area contributed by atoms with Crippen LogP contribution in [0.1, 0.15) is 93.9 Å². The van der Waals surface area contributed by atoms with Crippen molar-refractivity contribution < 1.29 is 14.7 Å². The van der Waals surface area contributed by atoms with Crippen LogP contribution in [0.15, 0.2) is 57.2 Å². The molecule has 1 atom stereocenters. The number of rotatable bonds is 10. The Kier molecular flexibility index (Phi) is 9.90. The van der Waals surface area contributed by atoms with Gasteiger partial charge in [-0.1, -0.05) is 34.9 Å². The third-order valence-electron chi connectivity index (χ3n) is 5.97. The molecule has 3 nitrogen and oxygen atoms in total. The Morgan fingerprint density at radius 3 is 1.77 bits per heavy atom. The molecule has 0 heterocycles. The summed E-state index contributed by atoms with van der Waals surface area (Å²) < 4.78 is 0. The Balaban J connectivity index is 2.64. The maximum atomic E-state index is 12.7. The molecule has 0 aromatic rings. The van der Waals surface area contributed by atoms with Crippen molar-refractivity contribution in [2.75, 3.05) is 0 Å². The van der Waals surface area contributed by atoms with Gasteiger partial charge in [0.2, 0.25) is 0 Å². The summed E-state index contributed by atoms with van der Waals surface area (Å²) in [5.41, 5.74) is 4.32. The van der Waals surface area contributed by atoms with E-state index in [2.05, 4.69) is 45.9 Å². The Morgan fingerprint density at radius 2 is 1.23 bits per heavy atom. The molecule has 1 aliphatic carbocycles. The minimum absolute atomic E-state index is 0.138. The molecule has 0 radical (unpaired) electrons. The van der Waals surface area contributed by atoms with Crippen LogP contribution in [-0.4, -0.2) is 22.3 Å². The molecule has 3 heteroatoms. The Labute approximate surface area is 183 Å². The van der Waals surface area contributed by atoms with Gasteiger partial charge in [0.1, 0.15) is 0 Å². The van der Waals surface area contributed by atoms with Crippen LogP contribution in [-0.2, 0) is 9.59 Å². The fraction of sp³-hybridized carbons (Fsp3) is 0.556. The van der Waals surface area contributed by atoms with Crippen molar-refractivity contribution in [3.05, 3.63) is 57.2 Å². The van der Waals surface area contributed by atoms with E-state index in [0.717, 1.165) is 25.7 Å². The average molecular weight is 413 g/mol. The molecule has 0 aromatic heterocycles. The number of ketones is 2. The Morgan fingerprint density at radius 1 is 0.767 bits per heavy atom. The highest BCUT2D eigenvalue weighted by Gasteiger charge is 2.38. The van der Waals surface area contributed by atoms with Crippen LogP contribution >= 0.6 is 0 Å². The van der Waals surface area contributed by atoms with Crippen molar-refractivity contribution in [1.82, 2.24) is 0 Å². The minimum Gasteiger partial charge on any atom is -0.385 e. The fourth-order valence-electron chi connectivity index (χ4n) is 3.81. The lowest BCUT2D eigenvalue weighted by atomic mass is 9.77. The van der Waals surface area contributed by atoms with E-state index in [1.165, 1.54) is 16.7 Å². The molecule has 0 aliphatic heterocycles. The van der Waals surface area contributed by atoms with Gasteiger partial charge in [-0.05, 0) is 93.9 Å². The predicted molar refractivity (Wildman–Crippen MR) is 126 cm³/mol. The van der Waals surface area contributed by atoms with E-state index in [0.29, 0.717) is 29.6 Å². The molecule has 166 valence electrons. The molecule has 0 unspecified atom stereocenters. The van der Waals surface area contributed by atoms with Gasteiger partial charge in [0.05, 0.1) is 5.60 Å². The highest BCUT2D eigenvalue weighted by Crippen LogP contribution is 2.34. The number of allylic oxidation sites excluding steroid dienone is 9. The molecule has 0 amide bonds. The van der Waals surface area contributed by atoms with Gasteiger partial charge in [-0.3, -0.25) is 9.59 Å². The second kappa shape index (κ2) is 11.4. The van der Waals surface area contributed by atoms with Crippen LogP contribution in [0.3, 0.4) is 0 Å². The molecular weight excluding hydrogens is 372 g/mol. The summed E-state index contributed by atoms with van der Waals surface area (Å²) in [5.74, 6) is -0.343. The standard InChI is InChI=1S/C27H40O3/c1-18(2)12-9-13-19(3)14-10-15-20(4)16-11-17-27(8,30)24-23(7)25(28)21(5)22(6)26(24)29/h12,14,16,30H,9-11,13,15,17H2,1-8H3/b19-14+,20-16+/t27-/m0/s1. The molecule has 1 aliphatic rings. The van der Waals surface area contributed by atoms with Crippen molar-refractivity contribution in [2.45, 2.75) is 99.5 Å². The highest BCUT2D eigenvalue weighted by molar-refractivity contribution is 6.25. The number of carbonyl (C=O) groups excluding carboxylic acids is 2. The quantitative estimate of drug-likeness (QED) is 0.319. The number of hydrogen-bond donors (Lipinski definition) is 1.